The standard InChI is InChI=1S/C10H18B2/c1-10(11,12)9-7-5-3-2-4-6-8-9/h9H,2-8H2,1H3. The summed E-state index contributed by atoms with van der Waals surface area (Å²) in [5.41, 5.74) is 0. The number of rotatable bonds is 1. The first-order chi connectivity index (χ1) is 5.61. The van der Waals surface area contributed by atoms with Gasteiger partial charge < -0.3 is 0 Å². The fraction of sp³-hybridized carbons (Fsp3) is 1.00. The molecule has 4 radical (unpaired) electrons. The third kappa shape index (κ3) is 3.25. The average Bonchev–Trinajstić information content (AvgIpc) is 1.81. The Bertz CT molecular complexity index is 118. The zero-order valence-electron chi connectivity index (χ0n) is 8.18. The van der Waals surface area contributed by atoms with Crippen molar-refractivity contribution in [3.8, 4) is 0 Å². The molecule has 0 aliphatic heterocycles. The Kier molecular flexibility index (Phi) is 3.74. The van der Waals surface area contributed by atoms with Crippen molar-refractivity contribution < 1.29 is 0 Å². The molecule has 2 heteroatoms. The molecule has 0 nitrogen and oxygen atoms in total. The summed E-state index contributed by atoms with van der Waals surface area (Å²) >= 11 is 0. The Labute approximate surface area is 79.3 Å². The molecule has 0 heterocycles. The molecule has 0 aromatic heterocycles. The van der Waals surface area contributed by atoms with E-state index in [1.54, 1.807) is 0 Å². The van der Waals surface area contributed by atoms with Crippen LogP contribution < -0.4 is 0 Å². The SMILES string of the molecule is [B]C([B])(C)C1CCCCCCC1. The van der Waals surface area contributed by atoms with E-state index in [9.17, 15) is 0 Å². The lowest BCUT2D eigenvalue weighted by atomic mass is 9.48. The number of hydrogen-bond donors (Lipinski definition) is 0. The van der Waals surface area contributed by atoms with Crippen LogP contribution in [0.4, 0.5) is 0 Å². The Morgan fingerprint density at radius 1 is 0.917 bits per heavy atom. The molecular weight excluding hydrogens is 142 g/mol. The van der Waals surface area contributed by atoms with Crippen LogP contribution in [-0.4, -0.2) is 15.7 Å². The van der Waals surface area contributed by atoms with Crippen molar-refractivity contribution in [2.45, 2.75) is 57.1 Å². The van der Waals surface area contributed by atoms with Gasteiger partial charge in [0.25, 0.3) is 0 Å². The monoisotopic (exact) mass is 160 g/mol. The van der Waals surface area contributed by atoms with E-state index in [-0.39, 0.29) is 0 Å². The van der Waals surface area contributed by atoms with Crippen LogP contribution in [0.25, 0.3) is 0 Å². The second kappa shape index (κ2) is 4.39. The van der Waals surface area contributed by atoms with Crippen LogP contribution >= 0.6 is 0 Å². The summed E-state index contributed by atoms with van der Waals surface area (Å²) in [5.74, 6) is 0.540. The van der Waals surface area contributed by atoms with Crippen LogP contribution in [0.2, 0.25) is 5.21 Å². The van der Waals surface area contributed by atoms with E-state index >= 15 is 0 Å². The van der Waals surface area contributed by atoms with Crippen LogP contribution in [0.1, 0.15) is 51.9 Å². The third-order valence-corrected chi connectivity index (χ3v) is 2.98. The lowest BCUT2D eigenvalue weighted by Gasteiger charge is -2.33. The van der Waals surface area contributed by atoms with Crippen molar-refractivity contribution in [1.29, 1.82) is 0 Å². The molecule has 0 atom stereocenters. The Morgan fingerprint density at radius 3 is 1.75 bits per heavy atom. The second-order valence-corrected chi connectivity index (χ2v) is 4.41. The van der Waals surface area contributed by atoms with Gasteiger partial charge in [-0.25, -0.2) is 0 Å². The van der Waals surface area contributed by atoms with Crippen molar-refractivity contribution in [1.82, 2.24) is 0 Å². The van der Waals surface area contributed by atoms with Gasteiger partial charge in [0.1, 0.15) is 0 Å². The minimum Gasteiger partial charge on any atom is -0.0990 e. The van der Waals surface area contributed by atoms with Crippen molar-refractivity contribution in [2.24, 2.45) is 5.92 Å². The molecule has 0 saturated heterocycles. The first kappa shape index (κ1) is 10.2. The van der Waals surface area contributed by atoms with Gasteiger partial charge >= 0.3 is 0 Å². The predicted molar refractivity (Wildman–Crippen MR) is 55.7 cm³/mol. The molecular formula is C10H18B2. The smallest absolute Gasteiger partial charge is 0.0620 e. The Balaban J connectivity index is 2.40. The molecule has 0 N–H and O–H groups in total. The highest BCUT2D eigenvalue weighted by Gasteiger charge is 2.23. The van der Waals surface area contributed by atoms with Gasteiger partial charge in [-0.05, 0) is 0 Å². The van der Waals surface area contributed by atoms with E-state index in [1.807, 2.05) is 6.92 Å². The summed E-state index contributed by atoms with van der Waals surface area (Å²) in [6, 6.07) is 0. The largest absolute Gasteiger partial charge is 0.0990 e. The lowest BCUT2D eigenvalue weighted by molar-refractivity contribution is 0.350. The summed E-state index contributed by atoms with van der Waals surface area (Å²) in [4.78, 5) is 0. The predicted octanol–water partition coefficient (Wildman–Crippen LogP) is 2.82. The summed E-state index contributed by atoms with van der Waals surface area (Å²) in [5, 5.41) is -0.447. The average molecular weight is 160 g/mol. The van der Waals surface area contributed by atoms with Gasteiger partial charge in [-0.15, -0.1) is 0 Å². The third-order valence-electron chi connectivity index (χ3n) is 2.98. The first-order valence-electron chi connectivity index (χ1n) is 5.18. The van der Waals surface area contributed by atoms with Gasteiger partial charge in [0.15, 0.2) is 0 Å². The van der Waals surface area contributed by atoms with Crippen molar-refractivity contribution in [2.75, 3.05) is 0 Å². The van der Waals surface area contributed by atoms with E-state index in [2.05, 4.69) is 0 Å². The molecule has 1 fully saturated rings. The maximum Gasteiger partial charge on any atom is 0.0620 e. The maximum atomic E-state index is 5.91. The summed E-state index contributed by atoms with van der Waals surface area (Å²) in [6.07, 6.45) is 9.22. The van der Waals surface area contributed by atoms with E-state index in [1.165, 1.54) is 44.9 Å². The molecule has 0 unspecified atom stereocenters. The van der Waals surface area contributed by atoms with Crippen LogP contribution in [0.15, 0.2) is 0 Å². The molecule has 0 bridgehead atoms. The van der Waals surface area contributed by atoms with Crippen LogP contribution in [0.3, 0.4) is 0 Å². The van der Waals surface area contributed by atoms with Gasteiger partial charge in [-0.3, -0.25) is 0 Å². The zero-order chi connectivity index (χ0) is 9.03. The van der Waals surface area contributed by atoms with Gasteiger partial charge in [0.2, 0.25) is 0 Å². The van der Waals surface area contributed by atoms with Gasteiger partial charge in [-0.1, -0.05) is 63.0 Å². The quantitative estimate of drug-likeness (QED) is 0.517. The Hall–Kier alpha value is 0.130. The summed E-state index contributed by atoms with van der Waals surface area (Å²) in [6.45, 7) is 1.96. The highest BCUT2D eigenvalue weighted by Crippen LogP contribution is 2.36. The van der Waals surface area contributed by atoms with Crippen LogP contribution in [0.5, 0.6) is 0 Å². The van der Waals surface area contributed by atoms with Crippen molar-refractivity contribution in [3.05, 3.63) is 0 Å². The van der Waals surface area contributed by atoms with Crippen LogP contribution in [-0.2, 0) is 0 Å². The minimum atomic E-state index is -0.447. The van der Waals surface area contributed by atoms with Crippen molar-refractivity contribution >= 4 is 15.7 Å². The summed E-state index contributed by atoms with van der Waals surface area (Å²) in [7, 11) is 11.8. The molecule has 1 aliphatic carbocycles. The molecule has 1 aliphatic rings. The topological polar surface area (TPSA) is 0 Å². The van der Waals surface area contributed by atoms with E-state index in [0.717, 1.165) is 0 Å². The van der Waals surface area contributed by atoms with E-state index in [4.69, 9.17) is 15.7 Å². The lowest BCUT2D eigenvalue weighted by Crippen LogP contribution is -2.22. The molecule has 1 rings (SSSR count). The highest BCUT2D eigenvalue weighted by molar-refractivity contribution is 6.39. The highest BCUT2D eigenvalue weighted by atomic mass is 14.2. The Morgan fingerprint density at radius 2 is 1.33 bits per heavy atom. The zero-order valence-corrected chi connectivity index (χ0v) is 8.18. The van der Waals surface area contributed by atoms with Crippen molar-refractivity contribution in [3.63, 3.8) is 0 Å². The second-order valence-electron chi connectivity index (χ2n) is 4.41. The van der Waals surface area contributed by atoms with Crippen LogP contribution in [0, 0.1) is 5.92 Å². The fourth-order valence-corrected chi connectivity index (χ4v) is 2.08. The van der Waals surface area contributed by atoms with E-state index < -0.39 is 5.21 Å². The first-order valence-corrected chi connectivity index (χ1v) is 5.18. The van der Waals surface area contributed by atoms with Gasteiger partial charge in [0, 0.05) is 0 Å². The summed E-state index contributed by atoms with van der Waals surface area (Å²) < 4.78 is 0. The normalized spacial score (nSPS) is 23.1. The molecule has 0 aromatic rings. The molecule has 0 aromatic carbocycles. The maximum absolute atomic E-state index is 5.91. The van der Waals surface area contributed by atoms with E-state index in [0.29, 0.717) is 5.92 Å². The molecule has 12 heavy (non-hydrogen) atoms. The van der Waals surface area contributed by atoms with Gasteiger partial charge in [0.05, 0.1) is 15.7 Å². The molecule has 64 valence electrons. The minimum absolute atomic E-state index is 0.447. The van der Waals surface area contributed by atoms with Gasteiger partial charge in [-0.2, -0.15) is 0 Å². The fourth-order valence-electron chi connectivity index (χ4n) is 2.08. The number of hydrogen-bond acceptors (Lipinski definition) is 0. The molecule has 1 saturated carbocycles. The molecule has 0 spiro atoms. The molecule has 0 amide bonds.